The van der Waals surface area contributed by atoms with Gasteiger partial charge in [-0.1, -0.05) is 12.1 Å². The summed E-state index contributed by atoms with van der Waals surface area (Å²) in [6.45, 7) is 5.57. The second kappa shape index (κ2) is 5.78. The van der Waals surface area contributed by atoms with E-state index in [0.29, 0.717) is 5.56 Å². The van der Waals surface area contributed by atoms with Gasteiger partial charge in [0.2, 0.25) is 0 Å². The van der Waals surface area contributed by atoms with E-state index in [1.54, 1.807) is 6.92 Å². The lowest BCUT2D eigenvalue weighted by Crippen LogP contribution is -2.52. The van der Waals surface area contributed by atoms with Crippen LogP contribution in [0, 0.1) is 12.7 Å². The average Bonchev–Trinajstić information content (AvgIpc) is 2.36. The van der Waals surface area contributed by atoms with Gasteiger partial charge >= 0.3 is 0 Å². The predicted octanol–water partition coefficient (Wildman–Crippen LogP) is 1.24. The van der Waals surface area contributed by atoms with Gasteiger partial charge in [-0.15, -0.1) is 0 Å². The lowest BCUT2D eigenvalue weighted by Gasteiger charge is -2.39. The van der Waals surface area contributed by atoms with E-state index in [1.807, 2.05) is 12.1 Å². The fourth-order valence-corrected chi connectivity index (χ4v) is 2.47. The maximum Gasteiger partial charge on any atom is 0.126 e. The minimum absolute atomic E-state index is 0.157. The van der Waals surface area contributed by atoms with Crippen molar-refractivity contribution < 1.29 is 9.50 Å². The van der Waals surface area contributed by atoms with Crippen LogP contribution >= 0.6 is 0 Å². The Kier molecular flexibility index (Phi) is 4.32. The lowest BCUT2D eigenvalue weighted by molar-refractivity contribution is 0.0458. The summed E-state index contributed by atoms with van der Waals surface area (Å²) in [5, 5.41) is 9.43. The Labute approximate surface area is 108 Å². The van der Waals surface area contributed by atoms with Gasteiger partial charge in [0.05, 0.1) is 6.61 Å². The van der Waals surface area contributed by atoms with Gasteiger partial charge in [-0.2, -0.15) is 0 Å². The molecule has 0 amide bonds. The predicted molar refractivity (Wildman–Crippen MR) is 69.9 cm³/mol. The lowest BCUT2D eigenvalue weighted by atomic mass is 10.1. The standard InChI is InChI=1S/C14H21FN2O/c1-11-7-12(3-4-14(11)15)8-17-6-5-16(2)9-13(17)10-18/h3-4,7,13,18H,5-6,8-10H2,1-2H3. The van der Waals surface area contributed by atoms with Gasteiger partial charge in [-0.25, -0.2) is 4.39 Å². The Hall–Kier alpha value is -0.970. The highest BCUT2D eigenvalue weighted by Gasteiger charge is 2.24. The highest BCUT2D eigenvalue weighted by molar-refractivity contribution is 5.24. The van der Waals surface area contributed by atoms with Crippen LogP contribution in [-0.2, 0) is 6.54 Å². The molecular formula is C14H21FN2O. The van der Waals surface area contributed by atoms with Crippen molar-refractivity contribution in [3.63, 3.8) is 0 Å². The monoisotopic (exact) mass is 252 g/mol. The molecule has 1 unspecified atom stereocenters. The zero-order chi connectivity index (χ0) is 13.1. The third kappa shape index (κ3) is 3.07. The molecule has 18 heavy (non-hydrogen) atoms. The molecule has 4 heteroatoms. The quantitative estimate of drug-likeness (QED) is 0.877. The SMILES string of the molecule is Cc1cc(CN2CCN(C)CC2CO)ccc1F. The van der Waals surface area contributed by atoms with Crippen LogP contribution in [0.5, 0.6) is 0 Å². The molecule has 0 aliphatic carbocycles. The van der Waals surface area contributed by atoms with Crippen molar-refractivity contribution in [2.75, 3.05) is 33.3 Å². The Morgan fingerprint density at radius 3 is 2.83 bits per heavy atom. The maximum atomic E-state index is 13.2. The van der Waals surface area contributed by atoms with Crippen molar-refractivity contribution >= 4 is 0 Å². The van der Waals surface area contributed by atoms with Crippen LogP contribution in [0.1, 0.15) is 11.1 Å². The van der Waals surface area contributed by atoms with Gasteiger partial charge in [-0.05, 0) is 31.2 Å². The zero-order valence-electron chi connectivity index (χ0n) is 11.1. The molecule has 1 aliphatic rings. The van der Waals surface area contributed by atoms with E-state index in [1.165, 1.54) is 6.07 Å². The number of halogens is 1. The van der Waals surface area contributed by atoms with E-state index in [-0.39, 0.29) is 18.5 Å². The molecule has 1 aromatic carbocycles. The Morgan fingerprint density at radius 1 is 1.39 bits per heavy atom. The summed E-state index contributed by atoms with van der Waals surface area (Å²) < 4.78 is 13.2. The molecule has 1 aliphatic heterocycles. The second-order valence-corrected chi connectivity index (χ2v) is 5.15. The minimum Gasteiger partial charge on any atom is -0.395 e. The van der Waals surface area contributed by atoms with Gasteiger partial charge < -0.3 is 10.0 Å². The molecule has 1 aromatic rings. The molecule has 1 heterocycles. The van der Waals surface area contributed by atoms with E-state index >= 15 is 0 Å². The molecule has 1 saturated heterocycles. The van der Waals surface area contributed by atoms with Crippen LogP contribution in [0.4, 0.5) is 4.39 Å². The summed E-state index contributed by atoms with van der Waals surface area (Å²) in [4.78, 5) is 4.50. The summed E-state index contributed by atoms with van der Waals surface area (Å²) in [5.74, 6) is -0.157. The average molecular weight is 252 g/mol. The molecule has 0 bridgehead atoms. The normalized spacial score (nSPS) is 22.3. The smallest absolute Gasteiger partial charge is 0.126 e. The molecule has 2 rings (SSSR count). The van der Waals surface area contributed by atoms with Gasteiger partial charge in [0.1, 0.15) is 5.82 Å². The Bertz CT molecular complexity index is 411. The summed E-state index contributed by atoms with van der Waals surface area (Å²) in [6.07, 6.45) is 0. The van der Waals surface area contributed by atoms with Gasteiger partial charge in [0.25, 0.3) is 0 Å². The number of nitrogens with zero attached hydrogens (tertiary/aromatic N) is 2. The van der Waals surface area contributed by atoms with Crippen molar-refractivity contribution in [2.45, 2.75) is 19.5 Å². The fourth-order valence-electron chi connectivity index (χ4n) is 2.47. The summed E-state index contributed by atoms with van der Waals surface area (Å²) in [5.41, 5.74) is 1.79. The number of benzene rings is 1. The van der Waals surface area contributed by atoms with E-state index in [4.69, 9.17) is 0 Å². The molecule has 0 saturated carbocycles. The molecule has 1 atom stereocenters. The number of aliphatic hydroxyl groups excluding tert-OH is 1. The molecule has 100 valence electrons. The first-order chi connectivity index (χ1) is 8.60. The zero-order valence-corrected chi connectivity index (χ0v) is 11.1. The maximum absolute atomic E-state index is 13.2. The van der Waals surface area contributed by atoms with Crippen molar-refractivity contribution in [1.29, 1.82) is 0 Å². The highest BCUT2D eigenvalue weighted by Crippen LogP contribution is 2.15. The Balaban J connectivity index is 2.05. The number of hydrogen-bond donors (Lipinski definition) is 1. The first-order valence-electron chi connectivity index (χ1n) is 6.38. The van der Waals surface area contributed by atoms with Crippen molar-refractivity contribution in [3.8, 4) is 0 Å². The number of aliphatic hydroxyl groups is 1. The number of aryl methyl sites for hydroxylation is 1. The number of likely N-dealkylation sites (N-methyl/N-ethyl adjacent to an activating group) is 1. The van der Waals surface area contributed by atoms with Crippen molar-refractivity contribution in [2.24, 2.45) is 0 Å². The second-order valence-electron chi connectivity index (χ2n) is 5.15. The number of rotatable bonds is 3. The summed E-state index contributed by atoms with van der Waals surface area (Å²) in [6, 6.07) is 5.42. The van der Waals surface area contributed by atoms with Gasteiger partial charge in [0, 0.05) is 32.2 Å². The largest absolute Gasteiger partial charge is 0.395 e. The molecule has 1 N–H and O–H groups in total. The molecular weight excluding hydrogens is 231 g/mol. The fraction of sp³-hybridized carbons (Fsp3) is 0.571. The first-order valence-corrected chi connectivity index (χ1v) is 6.38. The van der Waals surface area contributed by atoms with Crippen LogP contribution in [0.25, 0.3) is 0 Å². The number of piperazine rings is 1. The van der Waals surface area contributed by atoms with Crippen LogP contribution in [0.2, 0.25) is 0 Å². The van der Waals surface area contributed by atoms with Crippen LogP contribution < -0.4 is 0 Å². The van der Waals surface area contributed by atoms with E-state index in [9.17, 15) is 9.50 Å². The van der Waals surface area contributed by atoms with E-state index in [2.05, 4.69) is 16.8 Å². The molecule has 0 spiro atoms. The minimum atomic E-state index is -0.157. The molecule has 3 nitrogen and oxygen atoms in total. The van der Waals surface area contributed by atoms with E-state index < -0.39 is 0 Å². The third-order valence-corrected chi connectivity index (χ3v) is 3.63. The van der Waals surface area contributed by atoms with Gasteiger partial charge in [0.15, 0.2) is 0 Å². The van der Waals surface area contributed by atoms with Crippen LogP contribution in [0.15, 0.2) is 18.2 Å². The van der Waals surface area contributed by atoms with Gasteiger partial charge in [-0.3, -0.25) is 4.90 Å². The summed E-state index contributed by atoms with van der Waals surface area (Å²) >= 11 is 0. The van der Waals surface area contributed by atoms with Crippen LogP contribution in [0.3, 0.4) is 0 Å². The first kappa shape index (κ1) is 13.5. The van der Waals surface area contributed by atoms with E-state index in [0.717, 1.165) is 31.7 Å². The molecule has 0 aromatic heterocycles. The Morgan fingerprint density at radius 2 is 2.17 bits per heavy atom. The van der Waals surface area contributed by atoms with Crippen molar-refractivity contribution in [1.82, 2.24) is 9.80 Å². The summed E-state index contributed by atoms with van der Waals surface area (Å²) in [7, 11) is 2.07. The van der Waals surface area contributed by atoms with Crippen LogP contribution in [-0.4, -0.2) is 54.2 Å². The number of hydrogen-bond acceptors (Lipinski definition) is 3. The molecule has 1 fully saturated rings. The topological polar surface area (TPSA) is 26.7 Å². The highest BCUT2D eigenvalue weighted by atomic mass is 19.1. The third-order valence-electron chi connectivity index (χ3n) is 3.63. The van der Waals surface area contributed by atoms with Crippen molar-refractivity contribution in [3.05, 3.63) is 35.1 Å². The molecule has 0 radical (unpaired) electrons.